The summed E-state index contributed by atoms with van der Waals surface area (Å²) >= 11 is 6.62. The number of amides is 2. The second-order valence-corrected chi connectivity index (χ2v) is 9.90. The predicted octanol–water partition coefficient (Wildman–Crippen LogP) is 4.42. The molecule has 0 aromatic heterocycles. The molecule has 0 spiro atoms. The van der Waals surface area contributed by atoms with Crippen molar-refractivity contribution in [3.05, 3.63) is 58.6 Å². The molecule has 2 saturated heterocycles. The van der Waals surface area contributed by atoms with Gasteiger partial charge in [0.2, 0.25) is 5.91 Å². The van der Waals surface area contributed by atoms with Crippen LogP contribution >= 0.6 is 11.6 Å². The minimum Gasteiger partial charge on any atom is -0.371 e. The van der Waals surface area contributed by atoms with Gasteiger partial charge in [0.05, 0.1) is 28.0 Å². The third-order valence-electron chi connectivity index (χ3n) is 7.00. The van der Waals surface area contributed by atoms with Gasteiger partial charge >= 0.3 is 0 Å². The fourth-order valence-electron chi connectivity index (χ4n) is 4.91. The first-order valence-corrected chi connectivity index (χ1v) is 12.3. The standard InChI is InChI=1S/C26H31ClN4O2/c1-29-13-14-31(24(17-29)18-7-3-2-4-8-18)26(33)20-15-21(27)22(28-25(32)19-9-10-19)16-23(20)30-11-5-6-12-30/h2-4,7-8,15-16,19,24H,5-6,9-14,17H2,1H3,(H,28,32). The zero-order chi connectivity index (χ0) is 22.9. The minimum absolute atomic E-state index is 0.000762. The summed E-state index contributed by atoms with van der Waals surface area (Å²) in [7, 11) is 2.10. The number of benzene rings is 2. The molecule has 2 aromatic carbocycles. The van der Waals surface area contributed by atoms with Crippen LogP contribution in [0.1, 0.15) is 47.6 Å². The van der Waals surface area contributed by atoms with Crippen molar-refractivity contribution in [1.29, 1.82) is 0 Å². The summed E-state index contributed by atoms with van der Waals surface area (Å²) in [5.74, 6) is 0.113. The second kappa shape index (κ2) is 9.35. The van der Waals surface area contributed by atoms with Crippen LogP contribution in [-0.2, 0) is 4.79 Å². The van der Waals surface area contributed by atoms with Crippen LogP contribution in [0.5, 0.6) is 0 Å². The predicted molar refractivity (Wildman–Crippen MR) is 132 cm³/mol. The summed E-state index contributed by atoms with van der Waals surface area (Å²) < 4.78 is 0. The largest absolute Gasteiger partial charge is 0.371 e. The van der Waals surface area contributed by atoms with Gasteiger partial charge in [-0.15, -0.1) is 0 Å². The third-order valence-corrected chi connectivity index (χ3v) is 7.31. The van der Waals surface area contributed by atoms with Crippen LogP contribution in [-0.4, -0.2) is 61.4 Å². The van der Waals surface area contributed by atoms with Gasteiger partial charge in [-0.3, -0.25) is 9.59 Å². The smallest absolute Gasteiger partial charge is 0.256 e. The average molecular weight is 467 g/mol. The van der Waals surface area contributed by atoms with E-state index in [1.165, 1.54) is 0 Å². The highest BCUT2D eigenvalue weighted by Gasteiger charge is 2.34. The molecular weight excluding hydrogens is 436 g/mol. The fraction of sp³-hybridized carbons (Fsp3) is 0.462. The van der Waals surface area contributed by atoms with E-state index >= 15 is 0 Å². The van der Waals surface area contributed by atoms with Gasteiger partial charge < -0.3 is 20.0 Å². The average Bonchev–Trinajstić information content (AvgIpc) is 3.55. The molecule has 1 aliphatic carbocycles. The summed E-state index contributed by atoms with van der Waals surface area (Å²) in [5, 5.41) is 3.41. The SMILES string of the molecule is CN1CCN(C(=O)c2cc(Cl)c(NC(=O)C3CC3)cc2N2CCCC2)C(c2ccccc2)C1. The van der Waals surface area contributed by atoms with Crippen LogP contribution in [0.4, 0.5) is 11.4 Å². The second-order valence-electron chi connectivity index (χ2n) is 9.49. The molecule has 5 rings (SSSR count). The van der Waals surface area contributed by atoms with Crippen LogP contribution in [0.2, 0.25) is 5.02 Å². The minimum atomic E-state index is -0.0168. The number of halogens is 1. The van der Waals surface area contributed by atoms with Crippen molar-refractivity contribution in [1.82, 2.24) is 9.80 Å². The van der Waals surface area contributed by atoms with E-state index < -0.39 is 0 Å². The van der Waals surface area contributed by atoms with Crippen molar-refractivity contribution in [2.24, 2.45) is 5.92 Å². The summed E-state index contributed by atoms with van der Waals surface area (Å²) in [6.45, 7) is 4.09. The summed E-state index contributed by atoms with van der Waals surface area (Å²) in [6, 6.07) is 13.9. The number of rotatable bonds is 5. The Morgan fingerprint density at radius 1 is 1.00 bits per heavy atom. The molecule has 7 heteroatoms. The monoisotopic (exact) mass is 466 g/mol. The number of likely N-dealkylation sites (N-methyl/N-ethyl adjacent to an activating group) is 1. The maximum absolute atomic E-state index is 14.0. The van der Waals surface area contributed by atoms with Crippen LogP contribution in [0.25, 0.3) is 0 Å². The number of carbonyl (C=O) groups excluding carboxylic acids is 2. The maximum atomic E-state index is 14.0. The molecule has 1 unspecified atom stereocenters. The van der Waals surface area contributed by atoms with Gasteiger partial charge in [0.15, 0.2) is 0 Å². The van der Waals surface area contributed by atoms with E-state index in [0.29, 0.717) is 22.8 Å². The Hall–Kier alpha value is -2.57. The summed E-state index contributed by atoms with van der Waals surface area (Å²) in [4.78, 5) is 32.9. The molecular formula is C26H31ClN4O2. The van der Waals surface area contributed by atoms with E-state index in [-0.39, 0.29) is 23.8 Å². The van der Waals surface area contributed by atoms with Gasteiger partial charge in [0.1, 0.15) is 0 Å². The van der Waals surface area contributed by atoms with Gasteiger partial charge in [0.25, 0.3) is 5.91 Å². The normalized spacial score (nSPS) is 21.3. The van der Waals surface area contributed by atoms with Crippen LogP contribution < -0.4 is 10.2 Å². The molecule has 2 heterocycles. The van der Waals surface area contributed by atoms with E-state index in [9.17, 15) is 9.59 Å². The lowest BCUT2D eigenvalue weighted by atomic mass is 10.0. The quantitative estimate of drug-likeness (QED) is 0.708. The molecule has 0 bridgehead atoms. The first-order valence-electron chi connectivity index (χ1n) is 11.9. The lowest BCUT2D eigenvalue weighted by Gasteiger charge is -2.41. The number of piperazine rings is 1. The Morgan fingerprint density at radius 3 is 2.42 bits per heavy atom. The topological polar surface area (TPSA) is 55.9 Å². The maximum Gasteiger partial charge on any atom is 0.256 e. The van der Waals surface area contributed by atoms with Crippen LogP contribution in [0.15, 0.2) is 42.5 Å². The van der Waals surface area contributed by atoms with Crippen LogP contribution in [0, 0.1) is 5.92 Å². The zero-order valence-electron chi connectivity index (χ0n) is 19.1. The third kappa shape index (κ3) is 4.73. The molecule has 1 atom stereocenters. The van der Waals surface area contributed by atoms with Crippen molar-refractivity contribution < 1.29 is 9.59 Å². The van der Waals surface area contributed by atoms with E-state index in [1.807, 2.05) is 29.2 Å². The summed E-state index contributed by atoms with van der Waals surface area (Å²) in [5.41, 5.74) is 3.24. The van der Waals surface area contributed by atoms with Gasteiger partial charge in [-0.05, 0) is 50.4 Å². The van der Waals surface area contributed by atoms with E-state index in [2.05, 4.69) is 34.3 Å². The number of carbonyl (C=O) groups is 2. The van der Waals surface area contributed by atoms with Crippen molar-refractivity contribution in [2.45, 2.75) is 31.7 Å². The van der Waals surface area contributed by atoms with Gasteiger partial charge in [-0.25, -0.2) is 0 Å². The molecule has 2 aromatic rings. The molecule has 0 radical (unpaired) electrons. The van der Waals surface area contributed by atoms with Gasteiger partial charge in [-0.2, -0.15) is 0 Å². The molecule has 3 fully saturated rings. The van der Waals surface area contributed by atoms with Crippen molar-refractivity contribution in [2.75, 3.05) is 50.0 Å². The molecule has 6 nitrogen and oxygen atoms in total. The highest BCUT2D eigenvalue weighted by molar-refractivity contribution is 6.34. The Bertz CT molecular complexity index is 1030. The number of hydrogen-bond acceptors (Lipinski definition) is 4. The number of nitrogens with one attached hydrogen (secondary N) is 1. The molecule has 174 valence electrons. The van der Waals surface area contributed by atoms with Crippen LogP contribution in [0.3, 0.4) is 0 Å². The van der Waals surface area contributed by atoms with E-state index in [0.717, 1.165) is 63.1 Å². The Kier molecular flexibility index (Phi) is 6.30. The highest BCUT2D eigenvalue weighted by Crippen LogP contribution is 2.38. The molecule has 2 aliphatic heterocycles. The fourth-order valence-corrected chi connectivity index (χ4v) is 5.12. The van der Waals surface area contributed by atoms with E-state index in [1.54, 1.807) is 6.07 Å². The Balaban J connectivity index is 1.50. The van der Waals surface area contributed by atoms with Crippen molar-refractivity contribution in [3.63, 3.8) is 0 Å². The first-order chi connectivity index (χ1) is 16.0. The van der Waals surface area contributed by atoms with Gasteiger partial charge in [-0.1, -0.05) is 41.9 Å². The molecule has 3 aliphatic rings. The summed E-state index contributed by atoms with van der Waals surface area (Å²) in [6.07, 6.45) is 4.06. The lowest BCUT2D eigenvalue weighted by molar-refractivity contribution is -0.117. The lowest BCUT2D eigenvalue weighted by Crippen LogP contribution is -2.49. The highest BCUT2D eigenvalue weighted by atomic mass is 35.5. The number of anilines is 2. The Labute approximate surface area is 200 Å². The molecule has 1 N–H and O–H groups in total. The number of hydrogen-bond donors (Lipinski definition) is 1. The molecule has 1 saturated carbocycles. The zero-order valence-corrected chi connectivity index (χ0v) is 19.9. The Morgan fingerprint density at radius 2 is 1.73 bits per heavy atom. The van der Waals surface area contributed by atoms with Crippen molar-refractivity contribution >= 4 is 34.8 Å². The van der Waals surface area contributed by atoms with E-state index in [4.69, 9.17) is 11.6 Å². The molecule has 33 heavy (non-hydrogen) atoms. The van der Waals surface area contributed by atoms with Crippen molar-refractivity contribution in [3.8, 4) is 0 Å². The van der Waals surface area contributed by atoms with Gasteiger partial charge in [0, 0.05) is 38.6 Å². The first kappa shape index (κ1) is 22.2. The number of nitrogens with zero attached hydrogens (tertiary/aromatic N) is 3. The molecule has 2 amide bonds.